The second-order valence-electron chi connectivity index (χ2n) is 13.7. The van der Waals surface area contributed by atoms with Crippen molar-refractivity contribution in [3.63, 3.8) is 0 Å². The van der Waals surface area contributed by atoms with E-state index in [4.69, 9.17) is 29.0 Å². The fraction of sp³-hybridized carbons (Fsp3) is 0.0625. The largest absolute Gasteiger partial charge is 0.456 e. The van der Waals surface area contributed by atoms with Crippen molar-refractivity contribution < 1.29 is 18.1 Å². The van der Waals surface area contributed by atoms with Crippen LogP contribution >= 0.6 is 0 Å². The number of benzene rings is 7. The maximum atomic E-state index is 9.92. The van der Waals surface area contributed by atoms with Crippen molar-refractivity contribution in [2.75, 3.05) is 0 Å². The van der Waals surface area contributed by atoms with E-state index in [1.54, 1.807) is 30.5 Å². The Labute approximate surface area is 319 Å². The molecule has 3 heterocycles. The number of aromatic nitrogens is 4. The first-order valence-corrected chi connectivity index (χ1v) is 17.2. The fourth-order valence-corrected chi connectivity index (χ4v) is 7.68. The molecule has 11 rings (SSSR count). The molecule has 0 N–H and O–H groups in total. The molecule has 0 saturated heterocycles. The van der Waals surface area contributed by atoms with Crippen LogP contribution in [0.25, 0.3) is 94.7 Å². The average molecular weight is 691 g/mol. The highest BCUT2D eigenvalue weighted by molar-refractivity contribution is 6.14. The summed E-state index contributed by atoms with van der Waals surface area (Å²) in [7, 11) is 0. The van der Waals surface area contributed by atoms with Gasteiger partial charge in [-0.1, -0.05) is 129 Å². The Morgan fingerprint density at radius 2 is 1.25 bits per heavy atom. The van der Waals surface area contributed by atoms with Gasteiger partial charge < -0.3 is 8.98 Å². The maximum Gasteiger partial charge on any atom is 0.164 e. The van der Waals surface area contributed by atoms with Gasteiger partial charge in [0.15, 0.2) is 17.5 Å². The number of hydrogen-bond acceptors (Lipinski definition) is 4. The predicted octanol–water partition coefficient (Wildman–Crippen LogP) is 12.2. The van der Waals surface area contributed by atoms with Gasteiger partial charge in [0.2, 0.25) is 0 Å². The summed E-state index contributed by atoms with van der Waals surface area (Å²) in [4.78, 5) is 14.8. The number of furan rings is 1. The van der Waals surface area contributed by atoms with E-state index in [1.165, 1.54) is 0 Å². The summed E-state index contributed by atoms with van der Waals surface area (Å²) >= 11 is 0. The Hall–Kier alpha value is -6.85. The standard InChI is InChI=1S/C48H32N4O/c1-48(2)38-21-11-9-18-32(38)36-27-37-33-19-10-12-22-40(33)52(41(37)28-39(36)48)31-24-25-34-43(26-31)53-42-23-13-20-35(44(34)42)47-50-45(29-14-5-3-6-15-29)49-46(51-47)30-16-7-4-8-17-30/h3-28H,1-2H3/i9D,10D,11D,12D,18D,19D,21D,22D,27D,28D. The van der Waals surface area contributed by atoms with E-state index >= 15 is 0 Å². The third-order valence-corrected chi connectivity index (χ3v) is 10.2. The molecule has 0 fully saturated rings. The summed E-state index contributed by atoms with van der Waals surface area (Å²) in [6.45, 7) is 3.53. The third-order valence-electron chi connectivity index (χ3n) is 10.2. The predicted molar refractivity (Wildman–Crippen MR) is 215 cm³/mol. The number of hydrogen-bond donors (Lipinski definition) is 0. The zero-order chi connectivity index (χ0) is 44.0. The molecule has 5 nitrogen and oxygen atoms in total. The van der Waals surface area contributed by atoms with Crippen molar-refractivity contribution in [3.8, 4) is 51.0 Å². The molecule has 10 aromatic rings. The summed E-state index contributed by atoms with van der Waals surface area (Å²) in [6.07, 6.45) is 0. The minimum Gasteiger partial charge on any atom is -0.456 e. The molecular weight excluding hydrogens is 649 g/mol. The van der Waals surface area contributed by atoms with Gasteiger partial charge in [0.25, 0.3) is 0 Å². The highest BCUT2D eigenvalue weighted by Gasteiger charge is 2.36. The highest BCUT2D eigenvalue weighted by atomic mass is 16.3. The van der Waals surface area contributed by atoms with Crippen LogP contribution in [0.5, 0.6) is 0 Å². The summed E-state index contributed by atoms with van der Waals surface area (Å²) in [6, 6.07) is 26.8. The van der Waals surface area contributed by atoms with Gasteiger partial charge in [-0.3, -0.25) is 0 Å². The topological polar surface area (TPSA) is 56.7 Å². The van der Waals surface area contributed by atoms with E-state index in [-0.39, 0.29) is 68.7 Å². The molecule has 0 amide bonds. The smallest absolute Gasteiger partial charge is 0.164 e. The number of rotatable bonds is 4. The quantitative estimate of drug-likeness (QED) is 0.184. The Kier molecular flexibility index (Phi) is 4.49. The molecule has 1 aliphatic rings. The van der Waals surface area contributed by atoms with Gasteiger partial charge in [-0.25, -0.2) is 15.0 Å². The van der Waals surface area contributed by atoms with Crippen LogP contribution in [0, 0.1) is 0 Å². The zero-order valence-electron chi connectivity index (χ0n) is 38.4. The summed E-state index contributed by atoms with van der Waals surface area (Å²) in [5.41, 5.74) is 3.58. The first-order chi connectivity index (χ1) is 30.2. The highest BCUT2D eigenvalue weighted by Crippen LogP contribution is 2.51. The molecule has 0 bridgehead atoms. The lowest BCUT2D eigenvalue weighted by Crippen LogP contribution is -2.14. The molecule has 0 saturated carbocycles. The fourth-order valence-electron chi connectivity index (χ4n) is 7.68. The van der Waals surface area contributed by atoms with E-state index < -0.39 is 35.6 Å². The van der Waals surface area contributed by atoms with Gasteiger partial charge in [0.1, 0.15) is 11.2 Å². The van der Waals surface area contributed by atoms with Crippen LogP contribution in [0.1, 0.15) is 38.7 Å². The molecule has 53 heavy (non-hydrogen) atoms. The van der Waals surface area contributed by atoms with Crippen LogP contribution in [0.15, 0.2) is 162 Å². The molecule has 5 heteroatoms. The maximum absolute atomic E-state index is 9.92. The Balaban J connectivity index is 1.19. The third kappa shape index (κ3) is 4.40. The van der Waals surface area contributed by atoms with Crippen molar-refractivity contribution in [2.45, 2.75) is 19.3 Å². The molecule has 3 aromatic heterocycles. The molecule has 0 unspecified atom stereocenters. The minimum absolute atomic E-state index is 0.0228. The summed E-state index contributed by atoms with van der Waals surface area (Å²) in [5.74, 6) is 1.43. The second kappa shape index (κ2) is 11.1. The molecule has 1 aliphatic carbocycles. The van der Waals surface area contributed by atoms with Crippen molar-refractivity contribution in [1.29, 1.82) is 0 Å². The van der Waals surface area contributed by atoms with Crippen LogP contribution in [-0.4, -0.2) is 19.5 Å². The number of para-hydroxylation sites is 1. The van der Waals surface area contributed by atoms with Crippen molar-refractivity contribution >= 4 is 43.7 Å². The van der Waals surface area contributed by atoms with E-state index in [9.17, 15) is 4.11 Å². The normalized spacial score (nSPS) is 15.9. The van der Waals surface area contributed by atoms with Crippen LogP contribution in [0.4, 0.5) is 0 Å². The molecule has 0 spiro atoms. The van der Waals surface area contributed by atoms with E-state index in [0.717, 1.165) is 16.5 Å². The van der Waals surface area contributed by atoms with Crippen LogP contribution in [-0.2, 0) is 5.41 Å². The minimum atomic E-state index is -1.16. The van der Waals surface area contributed by atoms with Crippen molar-refractivity contribution in [3.05, 3.63) is 169 Å². The average Bonchev–Trinajstić information content (AvgIpc) is 3.94. The number of nitrogens with zero attached hydrogens (tertiary/aromatic N) is 4. The molecular formula is C48H32N4O. The lowest BCUT2D eigenvalue weighted by atomic mass is 9.82. The first kappa shape index (κ1) is 21.5. The number of fused-ring (bicyclic) bond motifs is 9. The molecule has 0 radical (unpaired) electrons. The monoisotopic (exact) mass is 690 g/mol. The molecule has 7 aromatic carbocycles. The molecule has 0 atom stereocenters. The lowest BCUT2D eigenvalue weighted by Gasteiger charge is -2.21. The van der Waals surface area contributed by atoms with Gasteiger partial charge in [0.05, 0.1) is 24.7 Å². The summed E-state index contributed by atoms with van der Waals surface area (Å²) in [5, 5.41) is 1.54. The molecule has 250 valence electrons. The van der Waals surface area contributed by atoms with Gasteiger partial charge >= 0.3 is 0 Å². The Bertz CT molecular complexity index is 3600. The van der Waals surface area contributed by atoms with E-state index in [1.807, 2.05) is 84.9 Å². The first-order valence-electron chi connectivity index (χ1n) is 22.2. The van der Waals surface area contributed by atoms with Gasteiger partial charge in [0, 0.05) is 55.4 Å². The van der Waals surface area contributed by atoms with Crippen LogP contribution in [0.2, 0.25) is 0 Å². The van der Waals surface area contributed by atoms with Crippen molar-refractivity contribution in [1.82, 2.24) is 19.5 Å². The van der Waals surface area contributed by atoms with Gasteiger partial charge in [-0.05, 0) is 58.6 Å². The van der Waals surface area contributed by atoms with Crippen LogP contribution in [0.3, 0.4) is 0 Å². The van der Waals surface area contributed by atoms with Gasteiger partial charge in [-0.15, -0.1) is 0 Å². The summed E-state index contributed by atoms with van der Waals surface area (Å²) < 4.78 is 98.4. The Morgan fingerprint density at radius 3 is 2.02 bits per heavy atom. The van der Waals surface area contributed by atoms with E-state index in [0.29, 0.717) is 50.8 Å². The lowest BCUT2D eigenvalue weighted by molar-refractivity contribution is 0.661. The van der Waals surface area contributed by atoms with Crippen molar-refractivity contribution in [2.24, 2.45) is 0 Å². The van der Waals surface area contributed by atoms with Crippen LogP contribution < -0.4 is 0 Å². The Morgan fingerprint density at radius 1 is 0.547 bits per heavy atom. The molecule has 0 aliphatic heterocycles. The zero-order valence-corrected chi connectivity index (χ0v) is 28.4. The second-order valence-corrected chi connectivity index (χ2v) is 13.7. The van der Waals surface area contributed by atoms with E-state index in [2.05, 4.69) is 0 Å². The van der Waals surface area contributed by atoms with Gasteiger partial charge in [-0.2, -0.15) is 0 Å². The SMILES string of the molecule is [2H]c1c([2H])c([2H])c2c(c1[2H])-c1c(c([2H])c3c(c1[2H])c1c([2H])c([2H])c([2H])c([2H])c1n3-c1ccc3c(c1)oc1cccc(-c4nc(-c5ccccc5)nc(-c5ccccc5)n4)c13)C2(C)C.